The molecular weight excluding hydrogens is 236 g/mol. The van der Waals surface area contributed by atoms with E-state index in [2.05, 4.69) is 17.9 Å². The van der Waals surface area contributed by atoms with Gasteiger partial charge in [-0.15, -0.1) is 0 Å². The number of rotatable bonds is 4. The van der Waals surface area contributed by atoms with Gasteiger partial charge in [-0.3, -0.25) is 0 Å². The highest BCUT2D eigenvalue weighted by Gasteiger charge is 2.33. The third-order valence-corrected chi connectivity index (χ3v) is 4.49. The van der Waals surface area contributed by atoms with Crippen LogP contribution in [0, 0.1) is 0 Å². The second-order valence-corrected chi connectivity index (χ2v) is 5.71. The first kappa shape index (κ1) is 14.4. The SMILES string of the molecule is CCC1(c2cccc(O)c2)CCCCN(CCN)C1. The lowest BCUT2D eigenvalue weighted by Gasteiger charge is -2.36. The van der Waals surface area contributed by atoms with Crippen molar-refractivity contribution in [3.05, 3.63) is 29.8 Å². The minimum Gasteiger partial charge on any atom is -0.508 e. The van der Waals surface area contributed by atoms with Gasteiger partial charge in [0.25, 0.3) is 0 Å². The van der Waals surface area contributed by atoms with E-state index in [-0.39, 0.29) is 5.41 Å². The second-order valence-electron chi connectivity index (χ2n) is 5.71. The molecule has 1 aromatic rings. The maximum atomic E-state index is 9.76. The molecule has 0 aliphatic carbocycles. The normalized spacial score (nSPS) is 25.2. The summed E-state index contributed by atoms with van der Waals surface area (Å²) < 4.78 is 0. The maximum Gasteiger partial charge on any atom is 0.115 e. The number of phenolic OH excluding ortho intramolecular Hbond substituents is 1. The summed E-state index contributed by atoms with van der Waals surface area (Å²) in [5.74, 6) is 0.375. The van der Waals surface area contributed by atoms with Crippen molar-refractivity contribution in [1.82, 2.24) is 4.90 Å². The van der Waals surface area contributed by atoms with E-state index in [0.717, 1.165) is 32.6 Å². The van der Waals surface area contributed by atoms with Crippen LogP contribution in [0.4, 0.5) is 0 Å². The van der Waals surface area contributed by atoms with Crippen molar-refractivity contribution in [1.29, 1.82) is 0 Å². The predicted molar refractivity (Wildman–Crippen MR) is 79.4 cm³/mol. The second kappa shape index (κ2) is 6.40. The zero-order valence-electron chi connectivity index (χ0n) is 11.9. The number of benzene rings is 1. The molecule has 3 nitrogen and oxygen atoms in total. The molecule has 1 atom stereocenters. The number of aromatic hydroxyl groups is 1. The van der Waals surface area contributed by atoms with Gasteiger partial charge >= 0.3 is 0 Å². The topological polar surface area (TPSA) is 49.5 Å². The van der Waals surface area contributed by atoms with Crippen LogP contribution >= 0.6 is 0 Å². The number of phenols is 1. The number of likely N-dealkylation sites (tertiary alicyclic amines) is 1. The Balaban J connectivity index is 2.28. The first-order valence-electron chi connectivity index (χ1n) is 7.42. The third kappa shape index (κ3) is 3.28. The summed E-state index contributed by atoms with van der Waals surface area (Å²) in [7, 11) is 0. The van der Waals surface area contributed by atoms with Gasteiger partial charge in [0.15, 0.2) is 0 Å². The molecule has 19 heavy (non-hydrogen) atoms. The van der Waals surface area contributed by atoms with Crippen LogP contribution in [-0.4, -0.2) is 36.2 Å². The van der Waals surface area contributed by atoms with Crippen molar-refractivity contribution < 1.29 is 5.11 Å². The molecule has 1 saturated heterocycles. The molecule has 1 aromatic carbocycles. The highest BCUT2D eigenvalue weighted by Crippen LogP contribution is 2.37. The predicted octanol–water partition coefficient (Wildman–Crippen LogP) is 2.48. The standard InChI is InChI=1S/C16H26N2O/c1-2-16(14-6-5-7-15(19)12-14)8-3-4-10-18(13-16)11-9-17/h5-7,12,19H,2-4,8-11,13,17H2,1H3. The van der Waals surface area contributed by atoms with Gasteiger partial charge in [0.05, 0.1) is 0 Å². The van der Waals surface area contributed by atoms with Crippen molar-refractivity contribution in [2.24, 2.45) is 5.73 Å². The van der Waals surface area contributed by atoms with E-state index in [1.54, 1.807) is 6.07 Å². The van der Waals surface area contributed by atoms with Crippen LogP contribution in [0.2, 0.25) is 0 Å². The van der Waals surface area contributed by atoms with Crippen LogP contribution in [0.3, 0.4) is 0 Å². The average molecular weight is 262 g/mol. The lowest BCUT2D eigenvalue weighted by molar-refractivity contribution is 0.223. The van der Waals surface area contributed by atoms with E-state index in [1.807, 2.05) is 12.1 Å². The molecule has 0 radical (unpaired) electrons. The van der Waals surface area contributed by atoms with E-state index >= 15 is 0 Å². The minimum atomic E-state index is 0.171. The van der Waals surface area contributed by atoms with Gasteiger partial charge in [0, 0.05) is 25.0 Å². The van der Waals surface area contributed by atoms with Gasteiger partial charge in [-0.05, 0) is 43.5 Å². The lowest BCUT2D eigenvalue weighted by atomic mass is 9.74. The van der Waals surface area contributed by atoms with Gasteiger partial charge < -0.3 is 15.7 Å². The minimum absolute atomic E-state index is 0.171. The van der Waals surface area contributed by atoms with Crippen LogP contribution in [0.5, 0.6) is 5.75 Å². The van der Waals surface area contributed by atoms with Gasteiger partial charge in [0.2, 0.25) is 0 Å². The van der Waals surface area contributed by atoms with E-state index < -0.39 is 0 Å². The Labute approximate surface area is 116 Å². The average Bonchev–Trinajstić information content (AvgIpc) is 2.62. The van der Waals surface area contributed by atoms with E-state index in [0.29, 0.717) is 5.75 Å². The molecule has 1 aliphatic rings. The quantitative estimate of drug-likeness (QED) is 0.876. The molecule has 1 heterocycles. The number of hydrogen-bond acceptors (Lipinski definition) is 3. The third-order valence-electron chi connectivity index (χ3n) is 4.49. The molecule has 106 valence electrons. The number of nitrogens with two attached hydrogens (primary N) is 1. The zero-order chi connectivity index (χ0) is 13.7. The van der Waals surface area contributed by atoms with Crippen LogP contribution in [0.25, 0.3) is 0 Å². The Morgan fingerprint density at radius 1 is 1.37 bits per heavy atom. The Morgan fingerprint density at radius 2 is 2.21 bits per heavy atom. The monoisotopic (exact) mass is 262 g/mol. The summed E-state index contributed by atoms with van der Waals surface area (Å²) in [6.07, 6.45) is 4.82. The molecule has 0 amide bonds. The molecule has 0 aromatic heterocycles. The summed E-state index contributed by atoms with van der Waals surface area (Å²) in [5.41, 5.74) is 7.17. The Hall–Kier alpha value is -1.06. The van der Waals surface area contributed by atoms with Crippen LogP contribution in [0.1, 0.15) is 38.2 Å². The van der Waals surface area contributed by atoms with Gasteiger partial charge in [-0.2, -0.15) is 0 Å². The Bertz CT molecular complexity index is 407. The smallest absolute Gasteiger partial charge is 0.115 e. The van der Waals surface area contributed by atoms with Crippen LogP contribution in [0.15, 0.2) is 24.3 Å². The van der Waals surface area contributed by atoms with Crippen molar-refractivity contribution >= 4 is 0 Å². The van der Waals surface area contributed by atoms with E-state index in [1.165, 1.54) is 24.8 Å². The summed E-state index contributed by atoms with van der Waals surface area (Å²) in [4.78, 5) is 2.49. The number of hydrogen-bond donors (Lipinski definition) is 2. The summed E-state index contributed by atoms with van der Waals surface area (Å²) in [6.45, 7) is 6.16. The van der Waals surface area contributed by atoms with E-state index in [4.69, 9.17) is 5.73 Å². The first-order chi connectivity index (χ1) is 9.20. The molecule has 1 fully saturated rings. The maximum absolute atomic E-state index is 9.76. The molecule has 3 N–H and O–H groups in total. The first-order valence-corrected chi connectivity index (χ1v) is 7.42. The summed E-state index contributed by atoms with van der Waals surface area (Å²) >= 11 is 0. The molecular formula is C16H26N2O. The van der Waals surface area contributed by atoms with Crippen molar-refractivity contribution in [2.75, 3.05) is 26.2 Å². The lowest BCUT2D eigenvalue weighted by Crippen LogP contribution is -2.41. The van der Waals surface area contributed by atoms with E-state index in [9.17, 15) is 5.11 Å². The fourth-order valence-electron chi connectivity index (χ4n) is 3.32. The number of nitrogens with zero attached hydrogens (tertiary/aromatic N) is 1. The van der Waals surface area contributed by atoms with Crippen LogP contribution in [-0.2, 0) is 5.41 Å². The molecule has 2 rings (SSSR count). The molecule has 1 unspecified atom stereocenters. The fourth-order valence-corrected chi connectivity index (χ4v) is 3.32. The van der Waals surface area contributed by atoms with Gasteiger partial charge in [0.1, 0.15) is 5.75 Å². The molecule has 0 spiro atoms. The van der Waals surface area contributed by atoms with Gasteiger partial charge in [-0.1, -0.05) is 25.5 Å². The molecule has 0 saturated carbocycles. The van der Waals surface area contributed by atoms with Crippen LogP contribution < -0.4 is 5.73 Å². The highest BCUT2D eigenvalue weighted by molar-refractivity contribution is 5.33. The van der Waals surface area contributed by atoms with Gasteiger partial charge in [-0.25, -0.2) is 0 Å². The largest absolute Gasteiger partial charge is 0.508 e. The molecule has 0 bridgehead atoms. The molecule has 1 aliphatic heterocycles. The fraction of sp³-hybridized carbons (Fsp3) is 0.625. The highest BCUT2D eigenvalue weighted by atomic mass is 16.3. The Kier molecular flexibility index (Phi) is 4.83. The van der Waals surface area contributed by atoms with Crippen molar-refractivity contribution in [3.63, 3.8) is 0 Å². The van der Waals surface area contributed by atoms with Crippen molar-refractivity contribution in [2.45, 2.75) is 38.0 Å². The van der Waals surface area contributed by atoms with Crippen molar-refractivity contribution in [3.8, 4) is 5.75 Å². The Morgan fingerprint density at radius 3 is 2.89 bits per heavy atom. The molecule has 3 heteroatoms. The zero-order valence-corrected chi connectivity index (χ0v) is 11.9. The summed E-state index contributed by atoms with van der Waals surface area (Å²) in [6, 6.07) is 7.81. The summed E-state index contributed by atoms with van der Waals surface area (Å²) in [5, 5.41) is 9.76.